The molecule has 0 spiro atoms. The summed E-state index contributed by atoms with van der Waals surface area (Å²) < 4.78 is 0.689. The molecule has 0 unspecified atom stereocenters. The van der Waals surface area contributed by atoms with Crippen LogP contribution < -0.4 is 0 Å². The van der Waals surface area contributed by atoms with Crippen LogP contribution in [0.2, 0.25) is 5.15 Å². The van der Waals surface area contributed by atoms with Gasteiger partial charge in [-0.15, -0.1) is 20.1 Å². The van der Waals surface area contributed by atoms with Crippen LogP contribution in [0.1, 0.15) is 5.69 Å². The molecule has 0 bridgehead atoms. The summed E-state index contributed by atoms with van der Waals surface area (Å²) in [5, 5.41) is 16.1. The van der Waals surface area contributed by atoms with Crippen LogP contribution in [-0.4, -0.2) is 25.2 Å². The van der Waals surface area contributed by atoms with E-state index in [1.54, 1.807) is 12.1 Å². The van der Waals surface area contributed by atoms with Crippen molar-refractivity contribution >= 4 is 27.5 Å². The van der Waals surface area contributed by atoms with Gasteiger partial charge >= 0.3 is 0 Å². The zero-order chi connectivity index (χ0) is 10.1. The van der Waals surface area contributed by atoms with Gasteiger partial charge in [-0.1, -0.05) is 11.6 Å². The molecule has 0 aliphatic heterocycles. The van der Waals surface area contributed by atoms with Crippen LogP contribution in [0.5, 0.6) is 0 Å². The Labute approximate surface area is 93.2 Å². The van der Waals surface area contributed by atoms with Gasteiger partial charge in [-0.25, -0.2) is 0 Å². The van der Waals surface area contributed by atoms with Crippen molar-refractivity contribution in [2.75, 3.05) is 0 Å². The van der Waals surface area contributed by atoms with Crippen molar-refractivity contribution in [3.05, 3.63) is 27.6 Å². The van der Waals surface area contributed by atoms with Crippen LogP contribution in [0.15, 0.2) is 16.7 Å². The highest BCUT2D eigenvalue weighted by Crippen LogP contribution is 2.11. The number of rotatable bonds is 1. The minimum atomic E-state index is 0.344. The fourth-order valence-electron chi connectivity index (χ4n) is 0.879. The summed E-state index contributed by atoms with van der Waals surface area (Å²) in [6.07, 6.45) is 0. The summed E-state index contributed by atoms with van der Waals surface area (Å²) in [6.45, 7) is 1.84. The Morgan fingerprint density at radius 3 is 2.57 bits per heavy atom. The lowest BCUT2D eigenvalue weighted by Crippen LogP contribution is -2.02. The van der Waals surface area contributed by atoms with Gasteiger partial charge in [0.25, 0.3) is 0 Å². The minimum absolute atomic E-state index is 0.344. The van der Waals surface area contributed by atoms with E-state index in [0.717, 1.165) is 5.69 Å². The number of hydrogen-bond donors (Lipinski definition) is 0. The van der Waals surface area contributed by atoms with E-state index < -0.39 is 0 Å². The quantitative estimate of drug-likeness (QED) is 0.795. The molecule has 0 aromatic carbocycles. The third kappa shape index (κ3) is 1.76. The molecule has 0 saturated carbocycles. The highest BCUT2D eigenvalue weighted by atomic mass is 79.9. The average Bonchev–Trinajstić information content (AvgIpc) is 2.48. The first-order valence-corrected chi connectivity index (χ1v) is 4.93. The molecule has 5 nitrogen and oxygen atoms in total. The highest BCUT2D eigenvalue weighted by molar-refractivity contribution is 9.10. The van der Waals surface area contributed by atoms with Crippen molar-refractivity contribution in [2.24, 2.45) is 0 Å². The van der Waals surface area contributed by atoms with Gasteiger partial charge in [-0.3, -0.25) is 0 Å². The van der Waals surface area contributed by atoms with Crippen molar-refractivity contribution in [2.45, 2.75) is 6.92 Å². The van der Waals surface area contributed by atoms with Gasteiger partial charge in [0.05, 0.1) is 5.69 Å². The molecule has 0 N–H and O–H groups in total. The standard InChI is InChI=1S/C7H5BrClN5/c1-4-7(8)13-14(12-4)6-3-2-5(9)10-11-6/h2-3H,1H3. The molecule has 72 valence electrons. The Morgan fingerprint density at radius 2 is 2.07 bits per heavy atom. The zero-order valence-corrected chi connectivity index (χ0v) is 9.49. The van der Waals surface area contributed by atoms with E-state index in [2.05, 4.69) is 36.3 Å². The molecule has 0 saturated heterocycles. The highest BCUT2D eigenvalue weighted by Gasteiger charge is 2.06. The van der Waals surface area contributed by atoms with Gasteiger partial charge in [0.1, 0.15) is 0 Å². The zero-order valence-electron chi connectivity index (χ0n) is 7.15. The molecule has 14 heavy (non-hydrogen) atoms. The smallest absolute Gasteiger partial charge is 0.151 e. The fourth-order valence-corrected chi connectivity index (χ4v) is 1.21. The molecule has 2 aromatic rings. The van der Waals surface area contributed by atoms with E-state index in [1.807, 2.05) is 6.92 Å². The van der Waals surface area contributed by atoms with Crippen LogP contribution in [0.25, 0.3) is 5.82 Å². The van der Waals surface area contributed by atoms with Gasteiger partial charge in [0, 0.05) is 0 Å². The third-order valence-corrected chi connectivity index (χ3v) is 2.48. The van der Waals surface area contributed by atoms with Crippen molar-refractivity contribution in [3.63, 3.8) is 0 Å². The fraction of sp³-hybridized carbons (Fsp3) is 0.143. The van der Waals surface area contributed by atoms with Gasteiger partial charge in [-0.05, 0) is 35.0 Å². The maximum atomic E-state index is 5.60. The van der Waals surface area contributed by atoms with Crippen LogP contribution in [0, 0.1) is 6.92 Å². The molecule has 2 aromatic heterocycles. The Balaban J connectivity index is 2.44. The number of aromatic nitrogens is 5. The predicted octanol–water partition coefficient (Wildman–Crippen LogP) is 1.78. The van der Waals surface area contributed by atoms with Gasteiger partial charge in [0.2, 0.25) is 0 Å². The Morgan fingerprint density at radius 1 is 1.29 bits per heavy atom. The summed E-state index contributed by atoms with van der Waals surface area (Å²) in [7, 11) is 0. The summed E-state index contributed by atoms with van der Waals surface area (Å²) in [4.78, 5) is 1.39. The van der Waals surface area contributed by atoms with E-state index in [0.29, 0.717) is 15.6 Å². The Kier molecular flexibility index (Phi) is 2.47. The van der Waals surface area contributed by atoms with Gasteiger partial charge in [0.15, 0.2) is 15.6 Å². The lowest BCUT2D eigenvalue weighted by molar-refractivity contribution is 0.705. The lowest BCUT2D eigenvalue weighted by Gasteiger charge is -1.95. The monoisotopic (exact) mass is 273 g/mol. The van der Waals surface area contributed by atoms with Crippen LogP contribution in [-0.2, 0) is 0 Å². The second kappa shape index (κ2) is 3.62. The number of aryl methyl sites for hydroxylation is 1. The largest absolute Gasteiger partial charge is 0.196 e. The molecule has 0 atom stereocenters. The third-order valence-electron chi connectivity index (χ3n) is 1.55. The Bertz CT molecular complexity index is 432. The van der Waals surface area contributed by atoms with Gasteiger partial charge < -0.3 is 0 Å². The van der Waals surface area contributed by atoms with E-state index >= 15 is 0 Å². The van der Waals surface area contributed by atoms with Crippen LogP contribution in [0.3, 0.4) is 0 Å². The van der Waals surface area contributed by atoms with Crippen molar-refractivity contribution in [1.29, 1.82) is 0 Å². The second-order valence-electron chi connectivity index (χ2n) is 2.58. The van der Waals surface area contributed by atoms with E-state index in [9.17, 15) is 0 Å². The first-order chi connectivity index (χ1) is 6.66. The summed E-state index contributed by atoms with van der Waals surface area (Å²) in [5.74, 6) is 0.531. The molecule has 2 heterocycles. The molecular weight excluding hydrogens is 269 g/mol. The number of hydrogen-bond acceptors (Lipinski definition) is 4. The van der Waals surface area contributed by atoms with Crippen LogP contribution >= 0.6 is 27.5 Å². The molecule has 7 heteroatoms. The Hall–Kier alpha value is -1.01. The first-order valence-electron chi connectivity index (χ1n) is 3.76. The minimum Gasteiger partial charge on any atom is -0.151 e. The molecule has 0 aliphatic rings. The summed E-state index contributed by atoms with van der Waals surface area (Å²) >= 11 is 8.86. The summed E-state index contributed by atoms with van der Waals surface area (Å²) in [6, 6.07) is 3.33. The van der Waals surface area contributed by atoms with Crippen LogP contribution in [0.4, 0.5) is 0 Å². The lowest BCUT2D eigenvalue weighted by atomic mass is 10.5. The molecule has 2 rings (SSSR count). The van der Waals surface area contributed by atoms with E-state index in [4.69, 9.17) is 11.6 Å². The van der Waals surface area contributed by atoms with Crippen molar-refractivity contribution < 1.29 is 0 Å². The van der Waals surface area contributed by atoms with Crippen molar-refractivity contribution in [3.8, 4) is 5.82 Å². The van der Waals surface area contributed by atoms with E-state index in [-0.39, 0.29) is 0 Å². The first kappa shape index (κ1) is 9.54. The van der Waals surface area contributed by atoms with Gasteiger partial charge in [-0.2, -0.15) is 5.10 Å². The number of nitrogens with zero attached hydrogens (tertiary/aromatic N) is 5. The molecule has 0 radical (unpaired) electrons. The maximum Gasteiger partial charge on any atom is 0.196 e. The SMILES string of the molecule is Cc1nn(-c2ccc(Cl)nn2)nc1Br. The second-order valence-corrected chi connectivity index (χ2v) is 3.72. The molecule has 0 aliphatic carbocycles. The molecular formula is C7H5BrClN5. The normalized spacial score (nSPS) is 10.5. The number of halogens is 2. The topological polar surface area (TPSA) is 56.5 Å². The molecule has 0 fully saturated rings. The average molecular weight is 275 g/mol. The molecule has 0 amide bonds. The predicted molar refractivity (Wildman–Crippen MR) is 54.4 cm³/mol. The maximum absolute atomic E-state index is 5.60. The summed E-state index contributed by atoms with van der Waals surface area (Å²) in [5.41, 5.74) is 0.793. The van der Waals surface area contributed by atoms with E-state index in [1.165, 1.54) is 4.80 Å². The van der Waals surface area contributed by atoms with Crippen molar-refractivity contribution in [1.82, 2.24) is 25.2 Å².